The molecule has 1 rings (SSSR count). The summed E-state index contributed by atoms with van der Waals surface area (Å²) in [4.78, 5) is 19.9. The summed E-state index contributed by atoms with van der Waals surface area (Å²) in [6, 6.07) is 3.56. The van der Waals surface area contributed by atoms with Gasteiger partial charge in [0.15, 0.2) is 0 Å². The summed E-state index contributed by atoms with van der Waals surface area (Å²) in [6.45, 7) is 6.49. The van der Waals surface area contributed by atoms with Crippen LogP contribution in [0.2, 0.25) is 5.02 Å². The van der Waals surface area contributed by atoms with Crippen molar-refractivity contribution in [2.24, 2.45) is 0 Å². The van der Waals surface area contributed by atoms with Gasteiger partial charge in [0.25, 0.3) is 0 Å². The zero-order valence-electron chi connectivity index (χ0n) is 11.2. The maximum Gasteiger partial charge on any atom is 0.236 e. The fourth-order valence-electron chi connectivity index (χ4n) is 1.77. The Kier molecular flexibility index (Phi) is 6.09. The summed E-state index contributed by atoms with van der Waals surface area (Å²) < 4.78 is 0. The molecule has 18 heavy (non-hydrogen) atoms. The monoisotopic (exact) mass is 269 g/mol. The molecule has 0 bridgehead atoms. The second kappa shape index (κ2) is 7.34. The molecule has 4 nitrogen and oxygen atoms in total. The lowest BCUT2D eigenvalue weighted by Crippen LogP contribution is -2.38. The van der Waals surface area contributed by atoms with E-state index in [9.17, 15) is 4.79 Å². The lowest BCUT2D eigenvalue weighted by molar-refractivity contribution is -0.131. The zero-order valence-corrected chi connectivity index (χ0v) is 11.9. The molecule has 0 spiro atoms. The summed E-state index contributed by atoms with van der Waals surface area (Å²) in [5.41, 5.74) is 0.873. The summed E-state index contributed by atoms with van der Waals surface area (Å²) in [5.74, 6) is 0.143. The Labute approximate surface area is 114 Å². The number of hydrogen-bond donors (Lipinski definition) is 0. The van der Waals surface area contributed by atoms with Gasteiger partial charge < -0.3 is 4.90 Å². The Hall–Kier alpha value is -1.13. The van der Waals surface area contributed by atoms with Gasteiger partial charge in [-0.05, 0) is 33.0 Å². The molecule has 5 heteroatoms. The van der Waals surface area contributed by atoms with E-state index in [0.717, 1.165) is 18.8 Å². The number of rotatable bonds is 6. The molecule has 0 unspecified atom stereocenters. The fraction of sp³-hybridized carbons (Fsp3) is 0.538. The first-order valence-corrected chi connectivity index (χ1v) is 6.51. The highest BCUT2D eigenvalue weighted by molar-refractivity contribution is 6.30. The van der Waals surface area contributed by atoms with Crippen LogP contribution < -0.4 is 0 Å². The molecular weight excluding hydrogens is 250 g/mol. The number of halogens is 1. The van der Waals surface area contributed by atoms with Gasteiger partial charge in [-0.3, -0.25) is 14.7 Å². The molecule has 0 radical (unpaired) electrons. The minimum atomic E-state index is 0.143. The van der Waals surface area contributed by atoms with Gasteiger partial charge in [-0.25, -0.2) is 0 Å². The van der Waals surface area contributed by atoms with Crippen molar-refractivity contribution in [2.45, 2.75) is 20.4 Å². The largest absolute Gasteiger partial charge is 0.342 e. The van der Waals surface area contributed by atoms with Crippen LogP contribution >= 0.6 is 11.6 Å². The van der Waals surface area contributed by atoms with Crippen molar-refractivity contribution in [1.82, 2.24) is 14.8 Å². The normalized spacial score (nSPS) is 10.7. The Bertz CT molecular complexity index is 394. The Morgan fingerprint density at radius 2 is 2.06 bits per heavy atom. The van der Waals surface area contributed by atoms with Crippen LogP contribution in [0.4, 0.5) is 0 Å². The molecule has 100 valence electrons. The van der Waals surface area contributed by atoms with E-state index in [1.165, 1.54) is 0 Å². The number of carbonyl (C=O) groups is 1. The van der Waals surface area contributed by atoms with Gasteiger partial charge in [0, 0.05) is 30.9 Å². The van der Waals surface area contributed by atoms with Crippen LogP contribution in [-0.4, -0.2) is 47.4 Å². The van der Waals surface area contributed by atoms with Crippen molar-refractivity contribution in [3.63, 3.8) is 0 Å². The van der Waals surface area contributed by atoms with Crippen LogP contribution in [0.3, 0.4) is 0 Å². The second-order valence-electron chi connectivity index (χ2n) is 4.20. The van der Waals surface area contributed by atoms with E-state index in [1.54, 1.807) is 12.3 Å². The van der Waals surface area contributed by atoms with Crippen LogP contribution in [0.15, 0.2) is 18.3 Å². The van der Waals surface area contributed by atoms with Crippen molar-refractivity contribution < 1.29 is 4.79 Å². The number of hydrogen-bond acceptors (Lipinski definition) is 3. The minimum Gasteiger partial charge on any atom is -0.342 e. The Balaban J connectivity index is 2.51. The van der Waals surface area contributed by atoms with E-state index in [1.807, 2.05) is 36.8 Å². The van der Waals surface area contributed by atoms with Gasteiger partial charge in [0.2, 0.25) is 5.91 Å². The molecule has 0 aliphatic heterocycles. The fourth-order valence-corrected chi connectivity index (χ4v) is 1.96. The molecular formula is C13H20ClN3O. The Morgan fingerprint density at radius 1 is 1.39 bits per heavy atom. The molecule has 1 aromatic rings. The molecule has 0 saturated carbocycles. The van der Waals surface area contributed by atoms with E-state index in [0.29, 0.717) is 18.1 Å². The van der Waals surface area contributed by atoms with Crippen molar-refractivity contribution in [3.05, 3.63) is 29.0 Å². The van der Waals surface area contributed by atoms with E-state index >= 15 is 0 Å². The first-order valence-electron chi connectivity index (χ1n) is 6.13. The van der Waals surface area contributed by atoms with Crippen LogP contribution in [-0.2, 0) is 11.3 Å². The number of carbonyl (C=O) groups excluding carboxylic acids is 1. The van der Waals surface area contributed by atoms with Gasteiger partial charge in [0.05, 0.1) is 12.2 Å². The van der Waals surface area contributed by atoms with Gasteiger partial charge in [-0.2, -0.15) is 0 Å². The van der Waals surface area contributed by atoms with E-state index in [4.69, 9.17) is 11.6 Å². The van der Waals surface area contributed by atoms with Crippen LogP contribution in [0.1, 0.15) is 19.5 Å². The number of pyridine rings is 1. The molecule has 0 aliphatic rings. The maximum atomic E-state index is 11.9. The molecule has 1 heterocycles. The Morgan fingerprint density at radius 3 is 2.61 bits per heavy atom. The van der Waals surface area contributed by atoms with Gasteiger partial charge >= 0.3 is 0 Å². The van der Waals surface area contributed by atoms with Gasteiger partial charge in [-0.15, -0.1) is 0 Å². The molecule has 0 N–H and O–H groups in total. The molecule has 0 aliphatic carbocycles. The third-order valence-corrected chi connectivity index (χ3v) is 2.97. The number of nitrogens with zero attached hydrogens (tertiary/aromatic N) is 3. The van der Waals surface area contributed by atoms with Crippen LogP contribution in [0, 0.1) is 0 Å². The SMILES string of the molecule is CCN(CC)C(=O)CN(C)Cc1cc(Cl)ccn1. The topological polar surface area (TPSA) is 36.4 Å². The molecule has 1 amide bonds. The van der Waals surface area contributed by atoms with Crippen molar-refractivity contribution >= 4 is 17.5 Å². The zero-order chi connectivity index (χ0) is 13.5. The highest BCUT2D eigenvalue weighted by Crippen LogP contribution is 2.09. The van der Waals surface area contributed by atoms with Crippen LogP contribution in [0.25, 0.3) is 0 Å². The predicted octanol–water partition coefficient (Wildman–Crippen LogP) is 2.04. The summed E-state index contributed by atoms with van der Waals surface area (Å²) in [5, 5.41) is 0.670. The van der Waals surface area contributed by atoms with E-state index < -0.39 is 0 Å². The van der Waals surface area contributed by atoms with Gasteiger partial charge in [-0.1, -0.05) is 11.6 Å². The summed E-state index contributed by atoms with van der Waals surface area (Å²) >= 11 is 5.90. The van der Waals surface area contributed by atoms with Crippen molar-refractivity contribution in [3.8, 4) is 0 Å². The highest BCUT2D eigenvalue weighted by atomic mass is 35.5. The molecule has 1 aromatic heterocycles. The molecule has 0 fully saturated rings. The summed E-state index contributed by atoms with van der Waals surface area (Å²) in [6.07, 6.45) is 1.68. The average molecular weight is 270 g/mol. The van der Waals surface area contributed by atoms with Crippen LogP contribution in [0.5, 0.6) is 0 Å². The number of amides is 1. The second-order valence-corrected chi connectivity index (χ2v) is 4.64. The third kappa shape index (κ3) is 4.63. The smallest absolute Gasteiger partial charge is 0.236 e. The van der Waals surface area contributed by atoms with Crippen molar-refractivity contribution in [1.29, 1.82) is 0 Å². The molecule has 0 aromatic carbocycles. The molecule has 0 saturated heterocycles. The highest BCUT2D eigenvalue weighted by Gasteiger charge is 2.12. The first kappa shape index (κ1) is 14.9. The van der Waals surface area contributed by atoms with Crippen molar-refractivity contribution in [2.75, 3.05) is 26.7 Å². The maximum absolute atomic E-state index is 11.9. The standard InChI is InChI=1S/C13H20ClN3O/c1-4-17(5-2)13(18)10-16(3)9-12-8-11(14)6-7-15-12/h6-8H,4-5,9-10H2,1-3H3. The lowest BCUT2D eigenvalue weighted by atomic mass is 10.3. The lowest BCUT2D eigenvalue weighted by Gasteiger charge is -2.22. The summed E-state index contributed by atoms with van der Waals surface area (Å²) in [7, 11) is 1.91. The van der Waals surface area contributed by atoms with E-state index in [2.05, 4.69) is 4.98 Å². The quantitative estimate of drug-likeness (QED) is 0.793. The number of likely N-dealkylation sites (N-methyl/N-ethyl adjacent to an activating group) is 2. The average Bonchev–Trinajstić information content (AvgIpc) is 2.30. The minimum absolute atomic E-state index is 0.143. The molecule has 0 atom stereocenters. The van der Waals surface area contributed by atoms with Gasteiger partial charge in [0.1, 0.15) is 0 Å². The number of aromatic nitrogens is 1. The van der Waals surface area contributed by atoms with E-state index in [-0.39, 0.29) is 5.91 Å². The third-order valence-electron chi connectivity index (χ3n) is 2.73. The first-order chi connectivity index (χ1) is 8.56. The predicted molar refractivity (Wildman–Crippen MR) is 73.5 cm³/mol.